The molecule has 4 aromatic rings. The van der Waals surface area contributed by atoms with E-state index in [2.05, 4.69) is 80.6 Å². The molecular formula is C23H26N2O2Si. The number of anilines is 2. The summed E-state index contributed by atoms with van der Waals surface area (Å²) in [6.45, 7) is 11.3. The van der Waals surface area contributed by atoms with Crippen molar-refractivity contribution in [2.75, 3.05) is 5.32 Å². The Morgan fingerprint density at radius 1 is 1.04 bits per heavy atom. The van der Waals surface area contributed by atoms with Gasteiger partial charge < -0.3 is 14.2 Å². The van der Waals surface area contributed by atoms with Crippen LogP contribution in [0.5, 0.6) is 5.75 Å². The van der Waals surface area contributed by atoms with Crippen molar-refractivity contribution < 1.29 is 8.84 Å². The number of fused-ring (bicyclic) bond motifs is 2. The van der Waals surface area contributed by atoms with Gasteiger partial charge in [-0.3, -0.25) is 4.98 Å². The Bertz CT molecular complexity index is 1140. The first-order chi connectivity index (χ1) is 13.2. The summed E-state index contributed by atoms with van der Waals surface area (Å²) in [5.41, 5.74) is 2.72. The van der Waals surface area contributed by atoms with Crippen LogP contribution in [-0.2, 0) is 0 Å². The highest BCUT2D eigenvalue weighted by Gasteiger charge is 2.39. The first kappa shape index (κ1) is 18.6. The Morgan fingerprint density at radius 2 is 1.86 bits per heavy atom. The largest absolute Gasteiger partial charge is 0.543 e. The van der Waals surface area contributed by atoms with E-state index < -0.39 is 8.32 Å². The van der Waals surface area contributed by atoms with Gasteiger partial charge in [0.25, 0.3) is 8.32 Å². The first-order valence-electron chi connectivity index (χ1n) is 9.55. The van der Waals surface area contributed by atoms with Crippen molar-refractivity contribution in [2.24, 2.45) is 0 Å². The van der Waals surface area contributed by atoms with Crippen LogP contribution in [0, 0.1) is 0 Å². The monoisotopic (exact) mass is 390 g/mol. The Hall–Kier alpha value is -2.79. The summed E-state index contributed by atoms with van der Waals surface area (Å²) in [5.74, 6) is 0.968. The number of pyridine rings is 1. The van der Waals surface area contributed by atoms with Crippen LogP contribution < -0.4 is 9.74 Å². The molecule has 2 aromatic carbocycles. The number of rotatable bonds is 4. The third-order valence-electron chi connectivity index (χ3n) is 5.67. The molecule has 0 amide bonds. The molecule has 0 aliphatic carbocycles. The van der Waals surface area contributed by atoms with Crippen LogP contribution in [0.25, 0.3) is 21.7 Å². The van der Waals surface area contributed by atoms with Gasteiger partial charge in [0.1, 0.15) is 12.0 Å². The molecule has 144 valence electrons. The summed E-state index contributed by atoms with van der Waals surface area (Å²) in [6.07, 6.45) is 5.23. The molecular weight excluding hydrogens is 364 g/mol. The molecule has 5 heteroatoms. The highest BCUT2D eigenvalue weighted by Crippen LogP contribution is 2.39. The second-order valence-electron chi connectivity index (χ2n) is 8.70. The van der Waals surface area contributed by atoms with Crippen molar-refractivity contribution in [3.63, 3.8) is 0 Å². The van der Waals surface area contributed by atoms with E-state index >= 15 is 0 Å². The van der Waals surface area contributed by atoms with Gasteiger partial charge in [-0.25, -0.2) is 0 Å². The fourth-order valence-corrected chi connectivity index (χ4v) is 4.02. The van der Waals surface area contributed by atoms with E-state index in [9.17, 15) is 0 Å². The lowest BCUT2D eigenvalue weighted by Crippen LogP contribution is -2.43. The molecule has 2 aromatic heterocycles. The van der Waals surface area contributed by atoms with Crippen molar-refractivity contribution in [3.8, 4) is 5.75 Å². The van der Waals surface area contributed by atoms with E-state index in [0.29, 0.717) is 0 Å². The lowest BCUT2D eigenvalue weighted by Gasteiger charge is -2.36. The average molecular weight is 391 g/mol. The lowest BCUT2D eigenvalue weighted by molar-refractivity contribution is 0.496. The number of hydrogen-bond donors (Lipinski definition) is 1. The van der Waals surface area contributed by atoms with Gasteiger partial charge in [0.15, 0.2) is 5.58 Å². The summed E-state index contributed by atoms with van der Waals surface area (Å²) in [7, 11) is -1.89. The fourth-order valence-electron chi connectivity index (χ4n) is 2.98. The highest BCUT2D eigenvalue weighted by atomic mass is 28.4. The minimum absolute atomic E-state index is 0.161. The fraction of sp³-hybridized carbons (Fsp3) is 0.261. The van der Waals surface area contributed by atoms with Crippen LogP contribution in [0.4, 0.5) is 11.4 Å². The second-order valence-corrected chi connectivity index (χ2v) is 13.4. The molecule has 0 unspecified atom stereocenters. The highest BCUT2D eigenvalue weighted by molar-refractivity contribution is 6.74. The molecule has 1 N–H and O–H groups in total. The lowest BCUT2D eigenvalue weighted by atomic mass is 10.1. The Kier molecular flexibility index (Phi) is 4.42. The number of benzene rings is 2. The van der Waals surface area contributed by atoms with Crippen LogP contribution in [0.15, 0.2) is 65.5 Å². The van der Waals surface area contributed by atoms with E-state index in [-0.39, 0.29) is 5.04 Å². The van der Waals surface area contributed by atoms with Gasteiger partial charge in [-0.05, 0) is 53.9 Å². The van der Waals surface area contributed by atoms with Crippen LogP contribution in [0.1, 0.15) is 20.8 Å². The Labute approximate surface area is 166 Å². The SMILES string of the molecule is CC(C)(C)[Si](C)(C)Oc1cccc2cc(Nc3coc4cnccc34)ccc12. The molecule has 0 atom stereocenters. The van der Waals surface area contributed by atoms with Gasteiger partial charge in [0.2, 0.25) is 0 Å². The van der Waals surface area contributed by atoms with Gasteiger partial charge in [-0.15, -0.1) is 0 Å². The third-order valence-corrected chi connectivity index (χ3v) is 10.0. The van der Waals surface area contributed by atoms with Gasteiger partial charge in [-0.2, -0.15) is 0 Å². The zero-order chi connectivity index (χ0) is 19.9. The van der Waals surface area contributed by atoms with Crippen LogP contribution in [0.2, 0.25) is 18.1 Å². The molecule has 28 heavy (non-hydrogen) atoms. The minimum Gasteiger partial charge on any atom is -0.543 e. The van der Waals surface area contributed by atoms with Gasteiger partial charge in [0, 0.05) is 22.7 Å². The quantitative estimate of drug-likeness (QED) is 0.377. The standard InChI is InChI=1S/C23H26N2O2Si/c1-23(2,3)28(4,5)27-21-8-6-7-16-13-17(9-10-18(16)21)25-20-15-26-22-14-24-12-11-19(20)22/h6-15,25H,1-5H3. The number of nitrogens with zero attached hydrogens (tertiary/aromatic N) is 1. The van der Waals surface area contributed by atoms with Crippen molar-refractivity contribution in [3.05, 3.63) is 61.1 Å². The van der Waals surface area contributed by atoms with Crippen molar-refractivity contribution in [2.45, 2.75) is 38.9 Å². The van der Waals surface area contributed by atoms with Crippen LogP contribution in [-0.4, -0.2) is 13.3 Å². The third kappa shape index (κ3) is 3.38. The minimum atomic E-state index is -1.89. The predicted molar refractivity (Wildman–Crippen MR) is 119 cm³/mol. The summed E-state index contributed by atoms with van der Waals surface area (Å²) in [5, 5.41) is 6.92. The summed E-state index contributed by atoms with van der Waals surface area (Å²) in [6, 6.07) is 14.6. The summed E-state index contributed by atoms with van der Waals surface area (Å²) in [4.78, 5) is 4.10. The maximum atomic E-state index is 6.58. The first-order valence-corrected chi connectivity index (χ1v) is 12.5. The number of aromatic nitrogens is 1. The van der Waals surface area contributed by atoms with Crippen LogP contribution >= 0.6 is 0 Å². The van der Waals surface area contributed by atoms with E-state index in [0.717, 1.165) is 38.9 Å². The maximum Gasteiger partial charge on any atom is 0.250 e. The van der Waals surface area contributed by atoms with Crippen LogP contribution in [0.3, 0.4) is 0 Å². The molecule has 0 saturated heterocycles. The zero-order valence-electron chi connectivity index (χ0n) is 17.0. The number of nitrogens with one attached hydrogen (secondary N) is 1. The number of furan rings is 1. The predicted octanol–water partition coefficient (Wildman–Crippen LogP) is 7.11. The second kappa shape index (κ2) is 6.67. The van der Waals surface area contributed by atoms with E-state index in [1.54, 1.807) is 18.7 Å². The molecule has 2 heterocycles. The molecule has 0 aliphatic rings. The van der Waals surface area contributed by atoms with E-state index in [1.165, 1.54) is 0 Å². The molecule has 0 spiro atoms. The Balaban J connectivity index is 1.67. The van der Waals surface area contributed by atoms with E-state index in [4.69, 9.17) is 8.84 Å². The number of hydrogen-bond acceptors (Lipinski definition) is 4. The van der Waals surface area contributed by atoms with Crippen molar-refractivity contribution in [1.82, 2.24) is 4.98 Å². The van der Waals surface area contributed by atoms with Crippen molar-refractivity contribution >= 4 is 41.4 Å². The molecule has 0 radical (unpaired) electrons. The average Bonchev–Trinajstić information content (AvgIpc) is 3.04. The normalized spacial score (nSPS) is 12.5. The molecule has 4 nitrogen and oxygen atoms in total. The molecule has 0 fully saturated rings. The molecule has 0 bridgehead atoms. The van der Waals surface area contributed by atoms with E-state index in [1.807, 2.05) is 6.07 Å². The smallest absolute Gasteiger partial charge is 0.250 e. The Morgan fingerprint density at radius 3 is 2.64 bits per heavy atom. The zero-order valence-corrected chi connectivity index (χ0v) is 18.0. The topological polar surface area (TPSA) is 47.3 Å². The van der Waals surface area contributed by atoms with Gasteiger partial charge >= 0.3 is 0 Å². The maximum absolute atomic E-state index is 6.58. The van der Waals surface area contributed by atoms with Gasteiger partial charge in [-0.1, -0.05) is 32.9 Å². The van der Waals surface area contributed by atoms with Crippen molar-refractivity contribution in [1.29, 1.82) is 0 Å². The summed E-state index contributed by atoms with van der Waals surface area (Å²) >= 11 is 0. The summed E-state index contributed by atoms with van der Waals surface area (Å²) < 4.78 is 12.2. The molecule has 4 rings (SSSR count). The molecule has 0 aliphatic heterocycles. The molecule has 0 saturated carbocycles. The van der Waals surface area contributed by atoms with Gasteiger partial charge in [0.05, 0.1) is 11.9 Å².